The number of benzene rings is 1. The standard InChI is InChI=1S/C18H27N/c1-13-9-11-15(12-10-13)18(19)17-8-3-2-7-16(17)14-5-4-6-14/h2-3,7-8,13-15,18H,4-6,9-12,19H2,1H3. The zero-order chi connectivity index (χ0) is 13.2. The minimum atomic E-state index is 0.268. The second kappa shape index (κ2) is 5.66. The third-order valence-corrected chi connectivity index (χ3v) is 5.47. The Morgan fingerprint density at radius 2 is 1.68 bits per heavy atom. The summed E-state index contributed by atoms with van der Waals surface area (Å²) in [5, 5.41) is 0. The SMILES string of the molecule is CC1CCC(C(N)c2ccccc2C2CCC2)CC1. The lowest BCUT2D eigenvalue weighted by molar-refractivity contribution is 0.254. The topological polar surface area (TPSA) is 26.0 Å². The van der Waals surface area contributed by atoms with Gasteiger partial charge in [-0.05, 0) is 54.6 Å². The van der Waals surface area contributed by atoms with Gasteiger partial charge in [0.25, 0.3) is 0 Å². The van der Waals surface area contributed by atoms with Gasteiger partial charge >= 0.3 is 0 Å². The molecule has 0 aromatic heterocycles. The van der Waals surface area contributed by atoms with Crippen LogP contribution in [0.25, 0.3) is 0 Å². The average Bonchev–Trinajstić information content (AvgIpc) is 2.37. The molecule has 0 spiro atoms. The largest absolute Gasteiger partial charge is 0.324 e. The fourth-order valence-electron chi connectivity index (χ4n) is 3.80. The van der Waals surface area contributed by atoms with Crippen molar-refractivity contribution in [3.05, 3.63) is 35.4 Å². The van der Waals surface area contributed by atoms with Crippen LogP contribution in [-0.2, 0) is 0 Å². The first-order valence-electron chi connectivity index (χ1n) is 8.10. The molecule has 2 saturated carbocycles. The van der Waals surface area contributed by atoms with E-state index in [1.54, 1.807) is 5.56 Å². The molecule has 2 N–H and O–H groups in total. The van der Waals surface area contributed by atoms with Gasteiger partial charge in [0, 0.05) is 6.04 Å². The Morgan fingerprint density at radius 1 is 1.00 bits per heavy atom. The van der Waals surface area contributed by atoms with Gasteiger partial charge in [-0.25, -0.2) is 0 Å². The van der Waals surface area contributed by atoms with Crippen LogP contribution in [0.15, 0.2) is 24.3 Å². The molecule has 1 atom stereocenters. The molecule has 0 radical (unpaired) electrons. The first-order valence-corrected chi connectivity index (χ1v) is 8.10. The van der Waals surface area contributed by atoms with Gasteiger partial charge in [0.1, 0.15) is 0 Å². The first kappa shape index (κ1) is 13.2. The number of hydrogen-bond donors (Lipinski definition) is 1. The molecular weight excluding hydrogens is 230 g/mol. The normalized spacial score (nSPS) is 29.8. The van der Waals surface area contributed by atoms with Crippen LogP contribution in [0.2, 0.25) is 0 Å². The van der Waals surface area contributed by atoms with Crippen molar-refractivity contribution in [3.8, 4) is 0 Å². The highest BCUT2D eigenvalue weighted by Gasteiger charge is 2.29. The van der Waals surface area contributed by atoms with E-state index in [0.717, 1.165) is 11.8 Å². The molecule has 19 heavy (non-hydrogen) atoms. The maximum absolute atomic E-state index is 6.63. The van der Waals surface area contributed by atoms with Crippen molar-refractivity contribution in [1.29, 1.82) is 0 Å². The molecule has 2 fully saturated rings. The van der Waals surface area contributed by atoms with Gasteiger partial charge in [-0.2, -0.15) is 0 Å². The predicted molar refractivity (Wildman–Crippen MR) is 81.1 cm³/mol. The lowest BCUT2D eigenvalue weighted by atomic mass is 9.73. The summed E-state index contributed by atoms with van der Waals surface area (Å²) in [5.41, 5.74) is 9.64. The van der Waals surface area contributed by atoms with Crippen molar-refractivity contribution in [1.82, 2.24) is 0 Å². The second-order valence-electron chi connectivity index (χ2n) is 6.80. The van der Waals surface area contributed by atoms with E-state index >= 15 is 0 Å². The van der Waals surface area contributed by atoms with E-state index in [2.05, 4.69) is 31.2 Å². The van der Waals surface area contributed by atoms with Gasteiger partial charge in [0.15, 0.2) is 0 Å². The number of nitrogens with two attached hydrogens (primary N) is 1. The fourth-order valence-corrected chi connectivity index (χ4v) is 3.80. The minimum Gasteiger partial charge on any atom is -0.324 e. The zero-order valence-corrected chi connectivity index (χ0v) is 12.1. The van der Waals surface area contributed by atoms with E-state index in [9.17, 15) is 0 Å². The van der Waals surface area contributed by atoms with Crippen molar-refractivity contribution in [2.45, 2.75) is 63.8 Å². The van der Waals surface area contributed by atoms with Gasteiger partial charge < -0.3 is 5.73 Å². The van der Waals surface area contributed by atoms with Crippen molar-refractivity contribution in [2.24, 2.45) is 17.6 Å². The van der Waals surface area contributed by atoms with Crippen LogP contribution < -0.4 is 5.73 Å². The van der Waals surface area contributed by atoms with Crippen molar-refractivity contribution < 1.29 is 0 Å². The average molecular weight is 257 g/mol. The summed E-state index contributed by atoms with van der Waals surface area (Å²) < 4.78 is 0. The van der Waals surface area contributed by atoms with Crippen LogP contribution in [0, 0.1) is 11.8 Å². The molecule has 1 aromatic rings. The Kier molecular flexibility index (Phi) is 3.93. The summed E-state index contributed by atoms with van der Waals surface area (Å²) in [6.45, 7) is 2.38. The fraction of sp³-hybridized carbons (Fsp3) is 0.667. The summed E-state index contributed by atoms with van der Waals surface area (Å²) >= 11 is 0. The van der Waals surface area contributed by atoms with Crippen LogP contribution in [0.3, 0.4) is 0 Å². The molecule has 1 nitrogen and oxygen atoms in total. The van der Waals surface area contributed by atoms with Gasteiger partial charge in [-0.15, -0.1) is 0 Å². The summed E-state index contributed by atoms with van der Waals surface area (Å²) in [6, 6.07) is 9.24. The second-order valence-corrected chi connectivity index (χ2v) is 6.80. The number of hydrogen-bond acceptors (Lipinski definition) is 1. The first-order chi connectivity index (χ1) is 9.25. The monoisotopic (exact) mass is 257 g/mol. The highest BCUT2D eigenvalue weighted by Crippen LogP contribution is 2.42. The molecule has 3 rings (SSSR count). The molecule has 1 heteroatoms. The summed E-state index contributed by atoms with van der Waals surface area (Å²) in [7, 11) is 0. The van der Waals surface area contributed by atoms with Crippen LogP contribution in [0.4, 0.5) is 0 Å². The van der Waals surface area contributed by atoms with Crippen LogP contribution in [0.5, 0.6) is 0 Å². The van der Waals surface area contributed by atoms with Crippen LogP contribution in [-0.4, -0.2) is 0 Å². The molecule has 0 saturated heterocycles. The summed E-state index contributed by atoms with van der Waals surface area (Å²) in [5.74, 6) is 2.41. The molecule has 0 heterocycles. The molecule has 1 unspecified atom stereocenters. The maximum Gasteiger partial charge on any atom is 0.0326 e. The predicted octanol–water partition coefficient (Wildman–Crippen LogP) is 4.78. The molecule has 104 valence electrons. The Morgan fingerprint density at radius 3 is 2.32 bits per heavy atom. The third-order valence-electron chi connectivity index (χ3n) is 5.47. The Balaban J connectivity index is 1.77. The third kappa shape index (κ3) is 2.72. The lowest BCUT2D eigenvalue weighted by Crippen LogP contribution is -2.27. The molecule has 2 aliphatic rings. The lowest BCUT2D eigenvalue weighted by Gasteiger charge is -2.34. The Hall–Kier alpha value is -0.820. The summed E-state index contributed by atoms with van der Waals surface area (Å²) in [6.07, 6.45) is 9.50. The summed E-state index contributed by atoms with van der Waals surface area (Å²) in [4.78, 5) is 0. The van der Waals surface area contributed by atoms with E-state index in [-0.39, 0.29) is 6.04 Å². The van der Waals surface area contributed by atoms with E-state index in [0.29, 0.717) is 5.92 Å². The van der Waals surface area contributed by atoms with Gasteiger partial charge in [-0.1, -0.05) is 50.5 Å². The van der Waals surface area contributed by atoms with E-state index in [1.165, 1.54) is 50.5 Å². The quantitative estimate of drug-likeness (QED) is 0.828. The Bertz CT molecular complexity index is 413. The highest BCUT2D eigenvalue weighted by molar-refractivity contribution is 5.34. The maximum atomic E-state index is 6.63. The minimum absolute atomic E-state index is 0.268. The smallest absolute Gasteiger partial charge is 0.0326 e. The Labute approximate surface area is 117 Å². The van der Waals surface area contributed by atoms with Crippen molar-refractivity contribution in [2.75, 3.05) is 0 Å². The highest BCUT2D eigenvalue weighted by atomic mass is 14.7. The van der Waals surface area contributed by atoms with Crippen LogP contribution in [0.1, 0.15) is 75.0 Å². The van der Waals surface area contributed by atoms with Gasteiger partial charge in [-0.3, -0.25) is 0 Å². The van der Waals surface area contributed by atoms with E-state index < -0.39 is 0 Å². The van der Waals surface area contributed by atoms with E-state index in [4.69, 9.17) is 5.73 Å². The molecule has 0 aliphatic heterocycles. The van der Waals surface area contributed by atoms with Gasteiger partial charge in [0.2, 0.25) is 0 Å². The molecular formula is C18H27N. The van der Waals surface area contributed by atoms with Crippen LogP contribution >= 0.6 is 0 Å². The molecule has 0 amide bonds. The molecule has 1 aromatic carbocycles. The van der Waals surface area contributed by atoms with Crippen molar-refractivity contribution in [3.63, 3.8) is 0 Å². The molecule has 0 bridgehead atoms. The molecule has 2 aliphatic carbocycles. The van der Waals surface area contributed by atoms with Gasteiger partial charge in [0.05, 0.1) is 0 Å². The van der Waals surface area contributed by atoms with E-state index in [1.807, 2.05) is 0 Å². The van der Waals surface area contributed by atoms with Crippen molar-refractivity contribution >= 4 is 0 Å². The number of rotatable bonds is 3. The zero-order valence-electron chi connectivity index (χ0n) is 12.1.